The van der Waals surface area contributed by atoms with E-state index in [2.05, 4.69) is 10.4 Å². The summed E-state index contributed by atoms with van der Waals surface area (Å²) in [4.78, 5) is 12.2. The third-order valence-electron chi connectivity index (χ3n) is 2.68. The lowest BCUT2D eigenvalue weighted by atomic mass is 10.2. The van der Waals surface area contributed by atoms with Crippen molar-refractivity contribution < 1.29 is 4.79 Å². The molecule has 100 valence electrons. The van der Waals surface area contributed by atoms with Crippen molar-refractivity contribution in [2.24, 2.45) is 0 Å². The fourth-order valence-electron chi connectivity index (χ4n) is 1.74. The van der Waals surface area contributed by atoms with Crippen LogP contribution in [0.1, 0.15) is 23.0 Å². The minimum Gasteiger partial charge on any atom is -0.319 e. The first-order valence-corrected chi connectivity index (χ1v) is 6.57. The topological polar surface area (TPSA) is 46.9 Å². The highest BCUT2D eigenvalue weighted by molar-refractivity contribution is 6.35. The minimum atomic E-state index is -0.322. The highest BCUT2D eigenvalue weighted by Gasteiger charge is 2.17. The van der Waals surface area contributed by atoms with Gasteiger partial charge >= 0.3 is 0 Å². The molecule has 0 saturated heterocycles. The van der Waals surface area contributed by atoms with E-state index in [0.29, 0.717) is 28.0 Å². The number of hydrogen-bond donors (Lipinski definition) is 1. The van der Waals surface area contributed by atoms with Crippen LogP contribution in [0.15, 0.2) is 24.4 Å². The van der Waals surface area contributed by atoms with Gasteiger partial charge in [-0.25, -0.2) is 0 Å². The smallest absolute Gasteiger partial charge is 0.275 e. The van der Waals surface area contributed by atoms with Crippen LogP contribution in [0.4, 0.5) is 5.69 Å². The highest BCUT2D eigenvalue weighted by Crippen LogP contribution is 2.24. The number of nitrogens with zero attached hydrogens (tertiary/aromatic N) is 2. The maximum absolute atomic E-state index is 12.2. The second-order valence-electron chi connectivity index (χ2n) is 4.09. The molecule has 0 saturated carbocycles. The van der Waals surface area contributed by atoms with Crippen LogP contribution in [-0.4, -0.2) is 15.7 Å². The molecule has 19 heavy (non-hydrogen) atoms. The zero-order valence-electron chi connectivity index (χ0n) is 10.6. The first-order valence-electron chi connectivity index (χ1n) is 5.81. The van der Waals surface area contributed by atoms with Gasteiger partial charge in [0.2, 0.25) is 0 Å². The van der Waals surface area contributed by atoms with Gasteiger partial charge in [-0.15, -0.1) is 0 Å². The lowest BCUT2D eigenvalue weighted by Gasteiger charge is -2.09. The van der Waals surface area contributed by atoms with Gasteiger partial charge in [-0.05, 0) is 31.5 Å². The van der Waals surface area contributed by atoms with E-state index in [4.69, 9.17) is 23.2 Å². The number of carbonyl (C=O) groups excluding carboxylic acids is 1. The molecule has 0 spiro atoms. The fraction of sp³-hybridized carbons (Fsp3) is 0.231. The molecule has 2 aromatic rings. The van der Waals surface area contributed by atoms with Crippen molar-refractivity contribution in [2.45, 2.75) is 20.4 Å². The monoisotopic (exact) mass is 297 g/mol. The van der Waals surface area contributed by atoms with Crippen molar-refractivity contribution in [3.05, 3.63) is 45.7 Å². The van der Waals surface area contributed by atoms with E-state index in [0.717, 1.165) is 5.56 Å². The summed E-state index contributed by atoms with van der Waals surface area (Å²) in [6.07, 6.45) is 1.46. The molecule has 1 amide bonds. The Labute approximate surface area is 121 Å². The van der Waals surface area contributed by atoms with Gasteiger partial charge < -0.3 is 5.32 Å². The standard InChI is InChI=1S/C13H13Cl2N3O/c1-3-18-12(10(15)7-16-18)13(19)17-11-6-8(2)4-5-9(11)14/h4-7H,3H2,1-2H3,(H,17,19). The summed E-state index contributed by atoms with van der Waals surface area (Å²) in [5, 5.41) is 7.59. The number of anilines is 1. The van der Waals surface area contributed by atoms with Crippen LogP contribution in [-0.2, 0) is 6.54 Å². The molecule has 0 bridgehead atoms. The molecule has 0 atom stereocenters. The quantitative estimate of drug-likeness (QED) is 0.937. The van der Waals surface area contributed by atoms with Gasteiger partial charge in [0.25, 0.3) is 5.91 Å². The molecule has 0 aliphatic heterocycles. The number of hydrogen-bond acceptors (Lipinski definition) is 2. The Kier molecular flexibility index (Phi) is 4.12. The van der Waals surface area contributed by atoms with Gasteiger partial charge in [-0.1, -0.05) is 29.3 Å². The van der Waals surface area contributed by atoms with E-state index in [1.807, 2.05) is 19.9 Å². The molecule has 2 rings (SSSR count). The molecule has 1 aromatic carbocycles. The number of nitrogens with one attached hydrogen (secondary N) is 1. The van der Waals surface area contributed by atoms with Gasteiger partial charge in [0.05, 0.1) is 21.9 Å². The fourth-order valence-corrected chi connectivity index (χ4v) is 2.14. The van der Waals surface area contributed by atoms with E-state index in [1.165, 1.54) is 6.20 Å². The Morgan fingerprint density at radius 1 is 1.37 bits per heavy atom. The van der Waals surface area contributed by atoms with Crippen LogP contribution in [0.5, 0.6) is 0 Å². The molecule has 0 aliphatic carbocycles. The van der Waals surface area contributed by atoms with Crippen molar-refractivity contribution in [2.75, 3.05) is 5.32 Å². The van der Waals surface area contributed by atoms with Crippen molar-refractivity contribution in [3.8, 4) is 0 Å². The normalized spacial score (nSPS) is 10.5. The summed E-state index contributed by atoms with van der Waals surface area (Å²) in [6, 6.07) is 5.42. The van der Waals surface area contributed by atoms with Crippen LogP contribution in [0.2, 0.25) is 10.0 Å². The summed E-state index contributed by atoms with van der Waals surface area (Å²) in [6.45, 7) is 4.38. The van der Waals surface area contributed by atoms with Crippen molar-refractivity contribution >= 4 is 34.8 Å². The molecule has 1 heterocycles. The van der Waals surface area contributed by atoms with Gasteiger partial charge in [-0.3, -0.25) is 9.48 Å². The average Bonchev–Trinajstić information content (AvgIpc) is 2.75. The number of halogens is 2. The van der Waals surface area contributed by atoms with Crippen molar-refractivity contribution in [1.82, 2.24) is 9.78 Å². The van der Waals surface area contributed by atoms with E-state index in [9.17, 15) is 4.79 Å². The van der Waals surface area contributed by atoms with Gasteiger partial charge in [0, 0.05) is 6.54 Å². The molecular weight excluding hydrogens is 285 g/mol. The van der Waals surface area contributed by atoms with Crippen LogP contribution >= 0.6 is 23.2 Å². The van der Waals surface area contributed by atoms with Crippen molar-refractivity contribution in [3.63, 3.8) is 0 Å². The highest BCUT2D eigenvalue weighted by atomic mass is 35.5. The Morgan fingerprint density at radius 2 is 2.11 bits per heavy atom. The van der Waals surface area contributed by atoms with Gasteiger partial charge in [0.1, 0.15) is 5.69 Å². The zero-order chi connectivity index (χ0) is 14.0. The first-order chi connectivity index (χ1) is 9.02. The van der Waals surface area contributed by atoms with Gasteiger partial charge in [0.15, 0.2) is 0 Å². The summed E-state index contributed by atoms with van der Waals surface area (Å²) < 4.78 is 1.54. The zero-order valence-corrected chi connectivity index (χ0v) is 12.1. The molecule has 0 fully saturated rings. The lowest BCUT2D eigenvalue weighted by Crippen LogP contribution is -2.18. The summed E-state index contributed by atoms with van der Waals surface area (Å²) in [5.41, 5.74) is 1.91. The Bertz CT molecular complexity index is 622. The van der Waals surface area contributed by atoms with E-state index in [-0.39, 0.29) is 5.91 Å². The van der Waals surface area contributed by atoms with Crippen LogP contribution in [0, 0.1) is 6.92 Å². The SMILES string of the molecule is CCn1ncc(Cl)c1C(=O)Nc1cc(C)ccc1Cl. The third kappa shape index (κ3) is 2.91. The summed E-state index contributed by atoms with van der Waals surface area (Å²) >= 11 is 12.0. The van der Waals surface area contributed by atoms with Crippen LogP contribution < -0.4 is 5.32 Å². The second-order valence-corrected chi connectivity index (χ2v) is 4.91. The third-order valence-corrected chi connectivity index (χ3v) is 3.29. The largest absolute Gasteiger partial charge is 0.319 e. The molecule has 6 heteroatoms. The van der Waals surface area contributed by atoms with Crippen LogP contribution in [0.25, 0.3) is 0 Å². The van der Waals surface area contributed by atoms with E-state index in [1.54, 1.807) is 16.8 Å². The number of benzene rings is 1. The molecule has 0 aliphatic rings. The molecular formula is C13H13Cl2N3O. The minimum absolute atomic E-state index is 0.322. The lowest BCUT2D eigenvalue weighted by molar-refractivity contribution is 0.101. The van der Waals surface area contributed by atoms with Crippen LogP contribution in [0.3, 0.4) is 0 Å². The molecule has 0 unspecified atom stereocenters. The number of amides is 1. The summed E-state index contributed by atoms with van der Waals surface area (Å²) in [7, 11) is 0. The van der Waals surface area contributed by atoms with Crippen molar-refractivity contribution in [1.29, 1.82) is 0 Å². The van der Waals surface area contributed by atoms with E-state index < -0.39 is 0 Å². The maximum atomic E-state index is 12.2. The number of carbonyl (C=O) groups is 1. The maximum Gasteiger partial charge on any atom is 0.275 e. The second kappa shape index (κ2) is 5.63. The Morgan fingerprint density at radius 3 is 2.79 bits per heavy atom. The number of rotatable bonds is 3. The Balaban J connectivity index is 2.30. The molecule has 1 N–H and O–H groups in total. The average molecular weight is 298 g/mol. The van der Waals surface area contributed by atoms with Gasteiger partial charge in [-0.2, -0.15) is 5.10 Å². The first kappa shape index (κ1) is 13.9. The number of aromatic nitrogens is 2. The molecule has 0 radical (unpaired) electrons. The predicted octanol–water partition coefficient (Wildman–Crippen LogP) is 3.77. The molecule has 4 nitrogen and oxygen atoms in total. The van der Waals surface area contributed by atoms with E-state index >= 15 is 0 Å². The molecule has 1 aromatic heterocycles. The summed E-state index contributed by atoms with van der Waals surface area (Å²) in [5.74, 6) is -0.322. The number of aryl methyl sites for hydroxylation is 2. The Hall–Kier alpha value is -1.52. The predicted molar refractivity (Wildman–Crippen MR) is 77.1 cm³/mol.